The molecule has 4 nitrogen and oxygen atoms in total. The molecule has 0 unspecified atom stereocenters. The van der Waals surface area contributed by atoms with Crippen molar-refractivity contribution >= 4 is 21.4 Å². The molecule has 0 spiro atoms. The molecule has 1 fully saturated rings. The summed E-state index contributed by atoms with van der Waals surface area (Å²) in [6, 6.07) is 2.20. The molecule has 1 aromatic rings. The molecule has 1 aliphatic rings. The Hall–Kier alpha value is -0.690. The van der Waals surface area contributed by atoms with Gasteiger partial charge in [0.2, 0.25) is 10.0 Å². The summed E-state index contributed by atoms with van der Waals surface area (Å²) in [4.78, 5) is 1.33. The molecule has 6 heteroatoms. The van der Waals surface area contributed by atoms with Crippen LogP contribution in [0.2, 0.25) is 0 Å². The SMILES string of the molecule is C=CCN(C(C)C)S(=O)(=O)c1ccsc1CNC1CC1. The molecule has 0 aromatic carbocycles. The van der Waals surface area contributed by atoms with Gasteiger partial charge in [-0.2, -0.15) is 4.31 Å². The average molecular weight is 314 g/mol. The third-order valence-electron chi connectivity index (χ3n) is 3.30. The highest BCUT2D eigenvalue weighted by Gasteiger charge is 2.29. The van der Waals surface area contributed by atoms with Crippen LogP contribution in [0.3, 0.4) is 0 Å². The maximum absolute atomic E-state index is 12.8. The topological polar surface area (TPSA) is 49.4 Å². The van der Waals surface area contributed by atoms with Gasteiger partial charge in [0.15, 0.2) is 0 Å². The van der Waals surface area contributed by atoms with Crippen LogP contribution >= 0.6 is 11.3 Å². The fourth-order valence-electron chi connectivity index (χ4n) is 2.05. The predicted octanol–water partition coefficient (Wildman–Crippen LogP) is 2.59. The highest BCUT2D eigenvalue weighted by Crippen LogP contribution is 2.28. The summed E-state index contributed by atoms with van der Waals surface area (Å²) < 4.78 is 27.0. The van der Waals surface area contributed by atoms with Crippen LogP contribution < -0.4 is 5.32 Å². The fourth-order valence-corrected chi connectivity index (χ4v) is 5.03. The van der Waals surface area contributed by atoms with E-state index in [1.54, 1.807) is 12.1 Å². The minimum atomic E-state index is -3.44. The van der Waals surface area contributed by atoms with Gasteiger partial charge in [0.1, 0.15) is 0 Å². The molecule has 0 radical (unpaired) electrons. The third kappa shape index (κ3) is 3.49. The van der Waals surface area contributed by atoms with Crippen LogP contribution in [-0.4, -0.2) is 31.4 Å². The van der Waals surface area contributed by atoms with Crippen molar-refractivity contribution in [1.82, 2.24) is 9.62 Å². The first-order valence-electron chi connectivity index (χ1n) is 6.89. The maximum Gasteiger partial charge on any atom is 0.244 e. The van der Waals surface area contributed by atoms with Crippen LogP contribution in [-0.2, 0) is 16.6 Å². The summed E-state index contributed by atoms with van der Waals surface area (Å²) in [5.74, 6) is 0. The van der Waals surface area contributed by atoms with Crippen molar-refractivity contribution in [2.75, 3.05) is 6.54 Å². The monoisotopic (exact) mass is 314 g/mol. The van der Waals surface area contributed by atoms with E-state index in [4.69, 9.17) is 0 Å². The lowest BCUT2D eigenvalue weighted by molar-refractivity contribution is 0.382. The van der Waals surface area contributed by atoms with Crippen LogP contribution in [0.15, 0.2) is 29.0 Å². The van der Waals surface area contributed by atoms with Crippen molar-refractivity contribution < 1.29 is 8.42 Å². The smallest absolute Gasteiger partial charge is 0.244 e. The quantitative estimate of drug-likeness (QED) is 0.750. The summed E-state index contributed by atoms with van der Waals surface area (Å²) in [5, 5.41) is 5.23. The van der Waals surface area contributed by atoms with Crippen molar-refractivity contribution in [2.24, 2.45) is 0 Å². The normalized spacial score (nSPS) is 16.0. The molecule has 2 rings (SSSR count). The van der Waals surface area contributed by atoms with E-state index in [0.717, 1.165) is 4.88 Å². The van der Waals surface area contributed by atoms with Gasteiger partial charge in [-0.15, -0.1) is 17.9 Å². The van der Waals surface area contributed by atoms with Gasteiger partial charge in [0.25, 0.3) is 0 Å². The van der Waals surface area contributed by atoms with Gasteiger partial charge in [0, 0.05) is 30.1 Å². The molecule has 0 aliphatic heterocycles. The van der Waals surface area contributed by atoms with Gasteiger partial charge < -0.3 is 5.32 Å². The van der Waals surface area contributed by atoms with Gasteiger partial charge in [0.05, 0.1) is 4.90 Å². The van der Waals surface area contributed by atoms with E-state index in [9.17, 15) is 8.42 Å². The van der Waals surface area contributed by atoms with E-state index in [1.165, 1.54) is 28.5 Å². The molecular formula is C14H22N2O2S2. The average Bonchev–Trinajstić information content (AvgIpc) is 3.09. The van der Waals surface area contributed by atoms with Crippen LogP contribution in [0.4, 0.5) is 0 Å². The van der Waals surface area contributed by atoms with E-state index >= 15 is 0 Å². The van der Waals surface area contributed by atoms with Gasteiger partial charge in [-0.05, 0) is 38.1 Å². The molecular weight excluding hydrogens is 292 g/mol. The molecule has 0 atom stereocenters. The molecule has 1 aromatic heterocycles. The number of rotatable bonds is 8. The van der Waals surface area contributed by atoms with E-state index in [1.807, 2.05) is 19.2 Å². The lowest BCUT2D eigenvalue weighted by Gasteiger charge is -2.24. The lowest BCUT2D eigenvalue weighted by Crippen LogP contribution is -2.37. The lowest BCUT2D eigenvalue weighted by atomic mass is 10.4. The summed E-state index contributed by atoms with van der Waals surface area (Å²) >= 11 is 1.50. The van der Waals surface area contributed by atoms with Gasteiger partial charge in [-0.25, -0.2) is 8.42 Å². The van der Waals surface area contributed by atoms with E-state index in [0.29, 0.717) is 24.0 Å². The highest BCUT2D eigenvalue weighted by atomic mass is 32.2. The predicted molar refractivity (Wildman–Crippen MR) is 83.4 cm³/mol. The zero-order valence-electron chi connectivity index (χ0n) is 12.0. The Morgan fingerprint density at radius 3 is 2.80 bits per heavy atom. The Morgan fingerprint density at radius 1 is 1.55 bits per heavy atom. The maximum atomic E-state index is 12.8. The second-order valence-corrected chi connectivity index (χ2v) is 8.18. The molecule has 1 saturated carbocycles. The molecule has 0 saturated heterocycles. The van der Waals surface area contributed by atoms with Crippen molar-refractivity contribution in [3.05, 3.63) is 29.0 Å². The summed E-state index contributed by atoms with van der Waals surface area (Å²) in [6.07, 6.45) is 4.02. The first-order valence-corrected chi connectivity index (χ1v) is 9.21. The van der Waals surface area contributed by atoms with E-state index in [-0.39, 0.29) is 6.04 Å². The molecule has 1 aliphatic carbocycles. The van der Waals surface area contributed by atoms with Crippen molar-refractivity contribution in [3.63, 3.8) is 0 Å². The Morgan fingerprint density at radius 2 is 2.25 bits per heavy atom. The third-order valence-corrected chi connectivity index (χ3v) is 6.48. The number of hydrogen-bond donors (Lipinski definition) is 1. The van der Waals surface area contributed by atoms with Gasteiger partial charge >= 0.3 is 0 Å². The highest BCUT2D eigenvalue weighted by molar-refractivity contribution is 7.89. The van der Waals surface area contributed by atoms with Crippen LogP contribution in [0.1, 0.15) is 31.6 Å². The van der Waals surface area contributed by atoms with Crippen molar-refractivity contribution in [1.29, 1.82) is 0 Å². The minimum Gasteiger partial charge on any atom is -0.309 e. The molecule has 0 bridgehead atoms. The van der Waals surface area contributed by atoms with Crippen LogP contribution in [0.5, 0.6) is 0 Å². The zero-order chi connectivity index (χ0) is 14.8. The van der Waals surface area contributed by atoms with Crippen LogP contribution in [0, 0.1) is 0 Å². The second kappa shape index (κ2) is 6.39. The molecule has 20 heavy (non-hydrogen) atoms. The number of thiophene rings is 1. The summed E-state index contributed by atoms with van der Waals surface area (Å²) in [5.41, 5.74) is 0. The Labute approximate surface area is 125 Å². The Bertz CT molecular complexity index is 559. The van der Waals surface area contributed by atoms with Gasteiger partial charge in [-0.1, -0.05) is 6.08 Å². The van der Waals surface area contributed by atoms with E-state index in [2.05, 4.69) is 11.9 Å². The first-order chi connectivity index (χ1) is 9.46. The first kappa shape index (κ1) is 15.7. The second-order valence-electron chi connectivity index (χ2n) is 5.32. The minimum absolute atomic E-state index is 0.0814. The van der Waals surface area contributed by atoms with Crippen molar-refractivity contribution in [3.8, 4) is 0 Å². The largest absolute Gasteiger partial charge is 0.309 e. The standard InChI is InChI=1S/C14H22N2O2S2/c1-4-8-16(11(2)3)20(17,18)14-7-9-19-13(14)10-15-12-5-6-12/h4,7,9,11-12,15H,1,5-6,8,10H2,2-3H3. The van der Waals surface area contributed by atoms with Crippen molar-refractivity contribution in [2.45, 2.75) is 50.2 Å². The molecule has 0 amide bonds. The number of sulfonamides is 1. The molecule has 1 N–H and O–H groups in total. The van der Waals surface area contributed by atoms with Crippen LogP contribution in [0.25, 0.3) is 0 Å². The zero-order valence-corrected chi connectivity index (χ0v) is 13.6. The Kier molecular flexibility index (Phi) is 5.01. The fraction of sp³-hybridized carbons (Fsp3) is 0.571. The summed E-state index contributed by atoms with van der Waals surface area (Å²) in [7, 11) is -3.44. The number of nitrogens with one attached hydrogen (secondary N) is 1. The number of nitrogens with zero attached hydrogens (tertiary/aromatic N) is 1. The Balaban J connectivity index is 2.22. The van der Waals surface area contributed by atoms with E-state index < -0.39 is 10.0 Å². The molecule has 112 valence electrons. The number of hydrogen-bond acceptors (Lipinski definition) is 4. The molecule has 1 heterocycles. The van der Waals surface area contributed by atoms with Gasteiger partial charge in [-0.3, -0.25) is 0 Å². The summed E-state index contributed by atoms with van der Waals surface area (Å²) in [6.45, 7) is 8.40.